The molecule has 160 valence electrons. The van der Waals surface area contributed by atoms with E-state index in [2.05, 4.69) is 20.1 Å². The van der Waals surface area contributed by atoms with Gasteiger partial charge in [0.2, 0.25) is 0 Å². The van der Waals surface area contributed by atoms with Crippen LogP contribution in [0.2, 0.25) is 0 Å². The van der Waals surface area contributed by atoms with E-state index in [0.29, 0.717) is 45.8 Å². The second-order valence-corrected chi connectivity index (χ2v) is 7.77. The SMILES string of the molecule is CC(=Nc1cc(C)n(CC(C)O)n1)c1c(O)[nH]c2cnc(-c3c(C)cccc3F)cc12. The Hall–Kier alpha value is -3.52. The predicted octanol–water partition coefficient (Wildman–Crippen LogP) is 4.41. The first-order chi connectivity index (χ1) is 14.7. The van der Waals surface area contributed by atoms with Crippen LogP contribution in [0.25, 0.3) is 22.2 Å². The van der Waals surface area contributed by atoms with E-state index in [1.54, 1.807) is 36.9 Å². The van der Waals surface area contributed by atoms with Crippen LogP contribution in [0.5, 0.6) is 5.88 Å². The summed E-state index contributed by atoms with van der Waals surface area (Å²) >= 11 is 0. The first kappa shape index (κ1) is 20.7. The fourth-order valence-corrected chi connectivity index (χ4v) is 3.75. The van der Waals surface area contributed by atoms with Crippen LogP contribution in [0.4, 0.5) is 10.2 Å². The summed E-state index contributed by atoms with van der Waals surface area (Å²) < 4.78 is 16.2. The fourth-order valence-electron chi connectivity index (χ4n) is 3.75. The molecule has 8 heteroatoms. The number of aliphatic imine (C=N–C) groups is 1. The molecule has 31 heavy (non-hydrogen) atoms. The molecule has 0 aliphatic carbocycles. The number of aromatic hydroxyl groups is 1. The number of fused-ring (bicyclic) bond motifs is 1. The highest BCUT2D eigenvalue weighted by Crippen LogP contribution is 2.33. The smallest absolute Gasteiger partial charge is 0.198 e. The molecule has 0 fully saturated rings. The van der Waals surface area contributed by atoms with E-state index in [1.807, 2.05) is 26.0 Å². The zero-order chi connectivity index (χ0) is 22.3. The van der Waals surface area contributed by atoms with Gasteiger partial charge in [-0.2, -0.15) is 5.10 Å². The molecule has 4 aromatic rings. The Morgan fingerprint density at radius 1 is 1.29 bits per heavy atom. The number of hydrogen-bond donors (Lipinski definition) is 3. The van der Waals surface area contributed by atoms with Gasteiger partial charge in [-0.05, 0) is 45.4 Å². The number of benzene rings is 1. The van der Waals surface area contributed by atoms with Gasteiger partial charge < -0.3 is 15.2 Å². The predicted molar refractivity (Wildman–Crippen MR) is 118 cm³/mol. The third-order valence-electron chi connectivity index (χ3n) is 5.19. The number of aromatic amines is 1. The average molecular weight is 421 g/mol. The van der Waals surface area contributed by atoms with Crippen LogP contribution < -0.4 is 0 Å². The van der Waals surface area contributed by atoms with Crippen LogP contribution in [0, 0.1) is 19.7 Å². The summed E-state index contributed by atoms with van der Waals surface area (Å²) in [7, 11) is 0. The van der Waals surface area contributed by atoms with Crippen LogP contribution in [0.15, 0.2) is 41.5 Å². The van der Waals surface area contributed by atoms with Crippen LogP contribution >= 0.6 is 0 Å². The van der Waals surface area contributed by atoms with Gasteiger partial charge in [0, 0.05) is 22.7 Å². The summed E-state index contributed by atoms with van der Waals surface area (Å²) in [4.78, 5) is 11.8. The lowest BCUT2D eigenvalue weighted by atomic mass is 10.0. The average Bonchev–Trinajstić information content (AvgIpc) is 3.19. The summed E-state index contributed by atoms with van der Waals surface area (Å²) in [6, 6.07) is 8.46. The van der Waals surface area contributed by atoms with Crippen molar-refractivity contribution in [1.82, 2.24) is 19.7 Å². The van der Waals surface area contributed by atoms with Crippen molar-refractivity contribution in [2.75, 3.05) is 0 Å². The number of aliphatic hydroxyl groups is 1. The van der Waals surface area contributed by atoms with Gasteiger partial charge in [-0.3, -0.25) is 9.67 Å². The number of halogens is 1. The molecule has 0 saturated heterocycles. The van der Waals surface area contributed by atoms with E-state index in [1.165, 1.54) is 6.07 Å². The maximum atomic E-state index is 14.5. The number of nitrogens with zero attached hydrogens (tertiary/aromatic N) is 4. The number of H-pyrrole nitrogens is 1. The Kier molecular flexibility index (Phi) is 5.32. The van der Waals surface area contributed by atoms with Gasteiger partial charge in [-0.1, -0.05) is 12.1 Å². The molecule has 0 amide bonds. The summed E-state index contributed by atoms with van der Waals surface area (Å²) in [6.07, 6.45) is 1.05. The monoisotopic (exact) mass is 421 g/mol. The third kappa shape index (κ3) is 3.94. The number of hydrogen-bond acceptors (Lipinski definition) is 5. The number of nitrogens with one attached hydrogen (secondary N) is 1. The lowest BCUT2D eigenvalue weighted by Gasteiger charge is -2.07. The van der Waals surface area contributed by atoms with E-state index < -0.39 is 6.10 Å². The molecule has 3 N–H and O–H groups in total. The first-order valence-electron chi connectivity index (χ1n) is 9.99. The Labute approximate surface area is 178 Å². The van der Waals surface area contributed by atoms with Gasteiger partial charge in [0.1, 0.15) is 5.82 Å². The highest BCUT2D eigenvalue weighted by atomic mass is 19.1. The van der Waals surface area contributed by atoms with Gasteiger partial charge in [0.25, 0.3) is 0 Å². The topological polar surface area (TPSA) is 99.3 Å². The van der Waals surface area contributed by atoms with Gasteiger partial charge in [0.15, 0.2) is 11.7 Å². The molecular formula is C23H24FN5O2. The van der Waals surface area contributed by atoms with Gasteiger partial charge in [-0.25, -0.2) is 9.38 Å². The highest BCUT2D eigenvalue weighted by molar-refractivity contribution is 6.13. The molecule has 0 aliphatic rings. The lowest BCUT2D eigenvalue weighted by molar-refractivity contribution is 0.167. The van der Waals surface area contributed by atoms with E-state index in [4.69, 9.17) is 0 Å². The molecule has 4 rings (SSSR count). The lowest BCUT2D eigenvalue weighted by Crippen LogP contribution is -2.13. The Balaban J connectivity index is 1.80. The van der Waals surface area contributed by atoms with E-state index >= 15 is 0 Å². The molecule has 0 bridgehead atoms. The van der Waals surface area contributed by atoms with Crippen molar-refractivity contribution in [2.45, 2.75) is 40.3 Å². The number of rotatable bonds is 5. The molecule has 3 heterocycles. The normalized spacial score (nSPS) is 13.2. The van der Waals surface area contributed by atoms with Crippen molar-refractivity contribution in [1.29, 1.82) is 0 Å². The zero-order valence-corrected chi connectivity index (χ0v) is 17.8. The molecule has 1 unspecified atom stereocenters. The second kappa shape index (κ2) is 7.96. The maximum Gasteiger partial charge on any atom is 0.198 e. The molecule has 0 radical (unpaired) electrons. The van der Waals surface area contributed by atoms with Crippen molar-refractivity contribution in [2.24, 2.45) is 4.99 Å². The Morgan fingerprint density at radius 3 is 2.77 bits per heavy atom. The van der Waals surface area contributed by atoms with Crippen molar-refractivity contribution in [3.05, 3.63) is 59.2 Å². The Bertz CT molecular complexity index is 1280. The van der Waals surface area contributed by atoms with Gasteiger partial charge in [-0.15, -0.1) is 0 Å². The van der Waals surface area contributed by atoms with Crippen LogP contribution in [0.1, 0.15) is 30.7 Å². The minimum absolute atomic E-state index is 0.0411. The van der Waals surface area contributed by atoms with E-state index in [9.17, 15) is 14.6 Å². The molecule has 7 nitrogen and oxygen atoms in total. The summed E-state index contributed by atoms with van der Waals surface area (Å²) in [6.45, 7) is 7.57. The number of aryl methyl sites for hydroxylation is 2. The largest absolute Gasteiger partial charge is 0.494 e. The number of aromatic nitrogens is 4. The Morgan fingerprint density at radius 2 is 2.06 bits per heavy atom. The zero-order valence-electron chi connectivity index (χ0n) is 17.8. The first-order valence-corrected chi connectivity index (χ1v) is 9.99. The quantitative estimate of drug-likeness (QED) is 0.416. The number of aliphatic hydroxyl groups excluding tert-OH is 1. The van der Waals surface area contributed by atoms with Gasteiger partial charge in [0.05, 0.1) is 41.3 Å². The van der Waals surface area contributed by atoms with Crippen molar-refractivity contribution < 1.29 is 14.6 Å². The molecule has 0 aliphatic heterocycles. The van der Waals surface area contributed by atoms with Crippen LogP contribution in [-0.2, 0) is 6.54 Å². The van der Waals surface area contributed by atoms with Crippen molar-refractivity contribution in [3.8, 4) is 17.1 Å². The fraction of sp³-hybridized carbons (Fsp3) is 0.261. The van der Waals surface area contributed by atoms with Gasteiger partial charge >= 0.3 is 0 Å². The third-order valence-corrected chi connectivity index (χ3v) is 5.19. The maximum absolute atomic E-state index is 14.5. The standard InChI is InChI=1S/C23H24FN5O2/c1-12-6-5-7-17(24)21(12)18-9-16-19(10-25-18)27-23(31)22(16)15(4)26-20-8-13(2)29(28-20)11-14(3)30/h5-10,14,27,30-31H,11H2,1-4H3. The van der Waals surface area contributed by atoms with Crippen LogP contribution in [-0.4, -0.2) is 41.8 Å². The molecule has 1 aromatic carbocycles. The summed E-state index contributed by atoms with van der Waals surface area (Å²) in [5.74, 6) is 0.0851. The molecule has 0 saturated carbocycles. The van der Waals surface area contributed by atoms with Crippen LogP contribution in [0.3, 0.4) is 0 Å². The minimum atomic E-state index is -0.526. The second-order valence-electron chi connectivity index (χ2n) is 7.77. The molecule has 1 atom stereocenters. The molecule has 0 spiro atoms. The summed E-state index contributed by atoms with van der Waals surface area (Å²) in [5, 5.41) is 25.3. The summed E-state index contributed by atoms with van der Waals surface area (Å²) in [5.41, 5.74) is 4.24. The minimum Gasteiger partial charge on any atom is -0.494 e. The molecule has 3 aromatic heterocycles. The van der Waals surface area contributed by atoms with E-state index in [0.717, 1.165) is 11.3 Å². The molecular weight excluding hydrogens is 397 g/mol. The number of pyridine rings is 1. The van der Waals surface area contributed by atoms with E-state index in [-0.39, 0.29) is 11.7 Å². The highest BCUT2D eigenvalue weighted by Gasteiger charge is 2.18. The van der Waals surface area contributed by atoms with Crippen molar-refractivity contribution in [3.63, 3.8) is 0 Å². The van der Waals surface area contributed by atoms with Crippen molar-refractivity contribution >= 4 is 22.4 Å².